The monoisotopic (exact) mass is 406 g/mol. The molecule has 0 amide bonds. The number of likely N-dealkylation sites (tertiary alicyclic amines) is 1. The minimum atomic E-state index is -0.115. The van der Waals surface area contributed by atoms with Crippen molar-refractivity contribution in [2.45, 2.75) is 32.0 Å². The molecule has 3 aromatic rings. The van der Waals surface area contributed by atoms with Crippen LogP contribution in [0.4, 0.5) is 4.39 Å². The molecule has 6 heteroatoms. The van der Waals surface area contributed by atoms with Crippen molar-refractivity contribution < 1.29 is 9.13 Å². The summed E-state index contributed by atoms with van der Waals surface area (Å²) in [4.78, 5) is 12.9. The molecule has 0 N–H and O–H groups in total. The molecule has 0 saturated carbocycles. The lowest BCUT2D eigenvalue weighted by Gasteiger charge is -2.37. The summed E-state index contributed by atoms with van der Waals surface area (Å²) in [6, 6.07) is 17.7. The molecule has 1 aliphatic rings. The molecule has 1 saturated heterocycles. The number of rotatable bonds is 7. The van der Waals surface area contributed by atoms with Gasteiger partial charge in [0.05, 0.1) is 0 Å². The number of ether oxygens (including phenoxy) is 1. The molecule has 0 bridgehead atoms. The highest BCUT2D eigenvalue weighted by Crippen LogP contribution is 2.22. The Morgan fingerprint density at radius 2 is 1.83 bits per heavy atom. The van der Waals surface area contributed by atoms with Crippen LogP contribution in [-0.4, -0.2) is 45.9 Å². The molecule has 2 aromatic carbocycles. The summed E-state index contributed by atoms with van der Waals surface area (Å²) < 4.78 is 19.7. The molecule has 0 aliphatic carbocycles. The van der Waals surface area contributed by atoms with Gasteiger partial charge in [-0.25, -0.2) is 14.4 Å². The van der Waals surface area contributed by atoms with Crippen molar-refractivity contribution in [3.63, 3.8) is 0 Å². The van der Waals surface area contributed by atoms with Gasteiger partial charge < -0.3 is 4.74 Å². The zero-order valence-corrected chi connectivity index (χ0v) is 17.2. The van der Waals surface area contributed by atoms with Gasteiger partial charge in [0.25, 0.3) is 0 Å². The number of nitrogens with zero attached hydrogens (tertiary/aromatic N) is 4. The molecule has 156 valence electrons. The van der Waals surface area contributed by atoms with Crippen LogP contribution in [0.1, 0.15) is 24.0 Å². The van der Waals surface area contributed by atoms with E-state index in [4.69, 9.17) is 4.74 Å². The first kappa shape index (κ1) is 20.4. The SMILES string of the molecule is CN(Cc1ccc(Oc2ncccn2)cc1)C1CCCN(Cc2ccccc2F)C1. The van der Waals surface area contributed by atoms with E-state index in [1.165, 1.54) is 5.56 Å². The minimum Gasteiger partial charge on any atom is -0.424 e. The van der Waals surface area contributed by atoms with Crippen LogP contribution in [0.3, 0.4) is 0 Å². The largest absolute Gasteiger partial charge is 0.424 e. The average molecular weight is 407 g/mol. The van der Waals surface area contributed by atoms with Gasteiger partial charge in [-0.3, -0.25) is 9.80 Å². The second-order valence-corrected chi connectivity index (χ2v) is 7.82. The number of hydrogen-bond acceptors (Lipinski definition) is 5. The molecule has 1 atom stereocenters. The molecule has 1 aromatic heterocycles. The predicted octanol–water partition coefficient (Wildman–Crippen LogP) is 4.50. The number of likely N-dealkylation sites (N-methyl/N-ethyl adjacent to an activating group) is 1. The van der Waals surface area contributed by atoms with Crippen LogP contribution < -0.4 is 4.74 Å². The van der Waals surface area contributed by atoms with Crippen molar-refractivity contribution in [2.24, 2.45) is 0 Å². The first-order chi connectivity index (χ1) is 14.7. The standard InChI is InChI=1S/C24H27FN4O/c1-28(16-19-9-11-22(12-10-19)30-24-26-13-5-14-27-24)21-7-4-15-29(18-21)17-20-6-2-3-8-23(20)25/h2-3,5-6,8-14,21H,4,7,15-18H2,1H3. The lowest BCUT2D eigenvalue weighted by molar-refractivity contribution is 0.106. The maximum Gasteiger partial charge on any atom is 0.321 e. The maximum absolute atomic E-state index is 14.0. The van der Waals surface area contributed by atoms with Gasteiger partial charge in [-0.2, -0.15) is 0 Å². The van der Waals surface area contributed by atoms with Crippen LogP contribution in [0.25, 0.3) is 0 Å². The van der Waals surface area contributed by atoms with Crippen LogP contribution in [0.5, 0.6) is 11.8 Å². The Morgan fingerprint density at radius 1 is 1.07 bits per heavy atom. The summed E-state index contributed by atoms with van der Waals surface area (Å²) in [6.07, 6.45) is 5.61. The fourth-order valence-electron chi connectivity index (χ4n) is 3.93. The van der Waals surface area contributed by atoms with E-state index < -0.39 is 0 Å². The van der Waals surface area contributed by atoms with E-state index in [0.717, 1.165) is 43.8 Å². The zero-order valence-electron chi connectivity index (χ0n) is 17.2. The number of aromatic nitrogens is 2. The smallest absolute Gasteiger partial charge is 0.321 e. The fraction of sp³-hybridized carbons (Fsp3) is 0.333. The summed E-state index contributed by atoms with van der Waals surface area (Å²) in [7, 11) is 2.17. The Labute approximate surface area is 177 Å². The van der Waals surface area contributed by atoms with Crippen molar-refractivity contribution >= 4 is 0 Å². The summed E-state index contributed by atoms with van der Waals surface area (Å²) in [5.41, 5.74) is 2.00. The van der Waals surface area contributed by atoms with Gasteiger partial charge in [0.1, 0.15) is 11.6 Å². The van der Waals surface area contributed by atoms with Crippen molar-refractivity contribution in [1.29, 1.82) is 0 Å². The molecule has 5 nitrogen and oxygen atoms in total. The highest BCUT2D eigenvalue weighted by molar-refractivity contribution is 5.29. The van der Waals surface area contributed by atoms with E-state index in [1.807, 2.05) is 24.3 Å². The molecule has 4 rings (SSSR count). The Bertz CT molecular complexity index is 935. The van der Waals surface area contributed by atoms with E-state index in [0.29, 0.717) is 18.6 Å². The molecule has 2 heterocycles. The Kier molecular flexibility index (Phi) is 6.67. The topological polar surface area (TPSA) is 41.5 Å². The second-order valence-electron chi connectivity index (χ2n) is 7.82. The molecular weight excluding hydrogens is 379 g/mol. The van der Waals surface area contributed by atoms with Gasteiger partial charge in [-0.15, -0.1) is 0 Å². The molecule has 0 radical (unpaired) electrons. The van der Waals surface area contributed by atoms with Crippen LogP contribution in [-0.2, 0) is 13.1 Å². The highest BCUT2D eigenvalue weighted by Gasteiger charge is 2.23. The summed E-state index contributed by atoms with van der Waals surface area (Å²) in [6.45, 7) is 3.51. The van der Waals surface area contributed by atoms with Crippen LogP contribution in [0.2, 0.25) is 0 Å². The summed E-state index contributed by atoms with van der Waals surface area (Å²) in [5, 5.41) is 0. The van der Waals surface area contributed by atoms with E-state index >= 15 is 0 Å². The Morgan fingerprint density at radius 3 is 2.60 bits per heavy atom. The lowest BCUT2D eigenvalue weighted by Crippen LogP contribution is -2.45. The molecular formula is C24H27FN4O. The second kappa shape index (κ2) is 9.78. The quantitative estimate of drug-likeness (QED) is 0.578. The van der Waals surface area contributed by atoms with Gasteiger partial charge in [0.15, 0.2) is 0 Å². The van der Waals surface area contributed by atoms with E-state index in [9.17, 15) is 4.39 Å². The van der Waals surface area contributed by atoms with Gasteiger partial charge in [-0.1, -0.05) is 30.3 Å². The van der Waals surface area contributed by atoms with Crippen molar-refractivity contribution in [3.8, 4) is 11.8 Å². The molecule has 1 aliphatic heterocycles. The fourth-order valence-corrected chi connectivity index (χ4v) is 3.93. The van der Waals surface area contributed by atoms with Crippen LogP contribution >= 0.6 is 0 Å². The average Bonchev–Trinajstić information content (AvgIpc) is 2.78. The molecule has 0 spiro atoms. The molecule has 30 heavy (non-hydrogen) atoms. The normalized spacial score (nSPS) is 17.2. The van der Waals surface area contributed by atoms with E-state index in [1.54, 1.807) is 30.6 Å². The Hall–Kier alpha value is -2.83. The van der Waals surface area contributed by atoms with E-state index in [2.05, 4.69) is 38.9 Å². The van der Waals surface area contributed by atoms with E-state index in [-0.39, 0.29) is 5.82 Å². The third-order valence-corrected chi connectivity index (χ3v) is 5.56. The lowest BCUT2D eigenvalue weighted by atomic mass is 10.0. The maximum atomic E-state index is 14.0. The first-order valence-corrected chi connectivity index (χ1v) is 10.4. The number of benzene rings is 2. The first-order valence-electron chi connectivity index (χ1n) is 10.4. The number of piperidine rings is 1. The zero-order chi connectivity index (χ0) is 20.8. The predicted molar refractivity (Wildman–Crippen MR) is 115 cm³/mol. The Balaban J connectivity index is 1.31. The highest BCUT2D eigenvalue weighted by atomic mass is 19.1. The van der Waals surface area contributed by atoms with Gasteiger partial charge >= 0.3 is 6.01 Å². The number of halogens is 1. The summed E-state index contributed by atoms with van der Waals surface area (Å²) >= 11 is 0. The van der Waals surface area contributed by atoms with Crippen molar-refractivity contribution in [1.82, 2.24) is 19.8 Å². The van der Waals surface area contributed by atoms with Gasteiger partial charge in [0.2, 0.25) is 0 Å². The molecule has 1 fully saturated rings. The summed E-state index contributed by atoms with van der Waals surface area (Å²) in [5.74, 6) is 0.609. The third-order valence-electron chi connectivity index (χ3n) is 5.56. The molecule has 1 unspecified atom stereocenters. The van der Waals surface area contributed by atoms with Crippen molar-refractivity contribution in [3.05, 3.63) is 83.9 Å². The van der Waals surface area contributed by atoms with Gasteiger partial charge in [0, 0.05) is 43.6 Å². The van der Waals surface area contributed by atoms with Crippen molar-refractivity contribution in [2.75, 3.05) is 20.1 Å². The third kappa shape index (κ3) is 5.40. The number of hydrogen-bond donors (Lipinski definition) is 0. The minimum absolute atomic E-state index is 0.115. The van der Waals surface area contributed by atoms with Gasteiger partial charge in [-0.05, 0) is 56.3 Å². The van der Waals surface area contributed by atoms with Crippen LogP contribution in [0.15, 0.2) is 67.0 Å². The van der Waals surface area contributed by atoms with Crippen LogP contribution in [0, 0.1) is 5.82 Å².